The predicted octanol–water partition coefficient (Wildman–Crippen LogP) is 14.6. The van der Waals surface area contributed by atoms with Crippen molar-refractivity contribution in [1.82, 2.24) is 0 Å². The summed E-state index contributed by atoms with van der Waals surface area (Å²) >= 11 is 0. The van der Waals surface area contributed by atoms with Gasteiger partial charge in [0.15, 0.2) is 0 Å². The Balaban J connectivity index is 1.24. The Morgan fingerprint density at radius 3 is 1.70 bits per heavy atom. The van der Waals surface area contributed by atoms with E-state index in [-0.39, 0.29) is 46.7 Å². The van der Waals surface area contributed by atoms with Gasteiger partial charge in [-0.2, -0.15) is 0 Å². The van der Waals surface area contributed by atoms with Gasteiger partial charge in [0.05, 0.1) is 22.0 Å². The van der Waals surface area contributed by atoms with Crippen LogP contribution in [0.15, 0.2) is 197 Å². The molecule has 0 aliphatic carbocycles. The van der Waals surface area contributed by atoms with Crippen molar-refractivity contribution in [2.24, 2.45) is 0 Å². The number of furan rings is 2. The smallest absolute Gasteiger partial charge is 0.143 e. The molecule has 3 nitrogen and oxygen atoms in total. The van der Waals surface area contributed by atoms with Crippen molar-refractivity contribution < 1.29 is 19.8 Å². The van der Waals surface area contributed by atoms with Crippen LogP contribution in [-0.2, 0) is 0 Å². The van der Waals surface area contributed by atoms with Crippen LogP contribution in [0.2, 0.25) is 0 Å². The molecule has 0 aliphatic rings. The predicted molar refractivity (Wildman–Crippen MR) is 222 cm³/mol. The number of rotatable bonds is 5. The lowest BCUT2D eigenvalue weighted by molar-refractivity contribution is 0.669. The zero-order valence-corrected chi connectivity index (χ0v) is 28.0. The molecule has 0 unspecified atom stereocenters. The first kappa shape index (κ1) is 22.7. The van der Waals surface area contributed by atoms with Gasteiger partial charge in [0.25, 0.3) is 0 Å². The Kier molecular flexibility index (Phi) is 5.01. The number of hydrogen-bond acceptors (Lipinski definition) is 3. The zero-order valence-electron chi connectivity index (χ0n) is 36.0. The molecule has 0 amide bonds. The first-order valence-electron chi connectivity index (χ1n) is 21.4. The third kappa shape index (κ3) is 4.68. The van der Waals surface area contributed by atoms with Gasteiger partial charge in [-0.25, -0.2) is 0 Å². The molecule has 248 valence electrons. The van der Waals surface area contributed by atoms with Crippen LogP contribution in [0.25, 0.3) is 87.7 Å². The van der Waals surface area contributed by atoms with Gasteiger partial charge < -0.3 is 13.7 Å². The molecule has 0 fully saturated rings. The minimum atomic E-state index is -0.439. The molecular formula is C50H31NO2. The van der Waals surface area contributed by atoms with Gasteiger partial charge in [0.2, 0.25) is 0 Å². The minimum absolute atomic E-state index is 0.0557. The van der Waals surface area contributed by atoms with Gasteiger partial charge in [0.1, 0.15) is 22.3 Å². The van der Waals surface area contributed by atoms with E-state index in [1.54, 1.807) is 42.5 Å². The van der Waals surface area contributed by atoms with Crippen LogP contribution in [-0.4, -0.2) is 0 Å². The number of benzene rings is 9. The number of para-hydroxylation sites is 1. The molecular weight excluding hydrogens is 647 g/mol. The second-order valence-electron chi connectivity index (χ2n) is 13.0. The van der Waals surface area contributed by atoms with Gasteiger partial charge in [-0.05, 0) is 92.9 Å². The second kappa shape index (κ2) is 11.7. The number of fused-ring (bicyclic) bond motifs is 9. The fraction of sp³-hybridized carbons (Fsp3) is 0. The molecule has 3 heteroatoms. The molecule has 11 rings (SSSR count). The number of nitrogens with zero attached hydrogens (tertiary/aromatic N) is 1. The monoisotopic (exact) mass is 685 g/mol. The summed E-state index contributed by atoms with van der Waals surface area (Å²) in [4.78, 5) is 1.36. The zero-order chi connectivity index (χ0) is 41.8. The molecule has 0 saturated carbocycles. The summed E-state index contributed by atoms with van der Waals surface area (Å²) in [6, 6.07) is 39.7. The Hall–Kier alpha value is -7.10. The molecule has 2 aromatic heterocycles. The highest BCUT2D eigenvalue weighted by atomic mass is 16.3. The van der Waals surface area contributed by atoms with Crippen molar-refractivity contribution in [2.45, 2.75) is 0 Å². The molecule has 0 aliphatic heterocycles. The largest absolute Gasteiger partial charge is 0.456 e. The van der Waals surface area contributed by atoms with Gasteiger partial charge in [-0.1, -0.05) is 133 Å². The molecule has 0 atom stereocenters. The van der Waals surface area contributed by atoms with E-state index in [9.17, 15) is 11.0 Å². The van der Waals surface area contributed by atoms with E-state index in [4.69, 9.17) is 8.83 Å². The molecule has 0 bridgehead atoms. The molecule has 0 spiro atoms. The lowest BCUT2D eigenvalue weighted by Gasteiger charge is -2.27. The maximum atomic E-state index is 9.75. The van der Waals surface area contributed by atoms with Crippen molar-refractivity contribution in [3.8, 4) is 22.3 Å². The minimum Gasteiger partial charge on any atom is -0.456 e. The van der Waals surface area contributed by atoms with Crippen LogP contribution in [0.4, 0.5) is 17.1 Å². The Morgan fingerprint density at radius 1 is 0.377 bits per heavy atom. The summed E-state index contributed by atoms with van der Waals surface area (Å²) in [5.74, 6) is 0. The van der Waals surface area contributed by atoms with E-state index in [2.05, 4.69) is 0 Å². The molecule has 0 radical (unpaired) electrons. The summed E-state index contributed by atoms with van der Waals surface area (Å²) in [6.07, 6.45) is 0. The summed E-state index contributed by atoms with van der Waals surface area (Å²) in [6.45, 7) is 0. The van der Waals surface area contributed by atoms with Gasteiger partial charge in [-0.3, -0.25) is 0 Å². The standard InChI is InChI=1S/C50H31NO2/c1-3-13-38-32(10-1)12-7-16-39(38)34-22-27-36(28-23-34)51(44-18-9-21-47-49(44)43-31-26-33-11-2-4-14-41(33)50(43)53-47)37-29-24-35(25-30-37)40-17-8-20-46-48(40)42-15-5-6-19-45(42)52-46/h1-31H/i22D,23D,24D,25D,27D,28D,29D,30D. The molecule has 9 aromatic carbocycles. The molecule has 11 aromatic rings. The average molecular weight is 686 g/mol. The lowest BCUT2D eigenvalue weighted by atomic mass is 9.97. The molecule has 0 saturated heterocycles. The average Bonchev–Trinajstić information content (AvgIpc) is 3.87. The van der Waals surface area contributed by atoms with Crippen molar-refractivity contribution in [1.29, 1.82) is 0 Å². The Bertz CT molecular complexity index is 3600. The first-order valence-corrected chi connectivity index (χ1v) is 17.4. The molecule has 2 heterocycles. The normalized spacial score (nSPS) is 13.9. The van der Waals surface area contributed by atoms with Crippen molar-refractivity contribution in [3.63, 3.8) is 0 Å². The van der Waals surface area contributed by atoms with E-state index < -0.39 is 24.2 Å². The number of anilines is 3. The summed E-state index contributed by atoms with van der Waals surface area (Å²) in [7, 11) is 0. The van der Waals surface area contributed by atoms with Gasteiger partial charge in [0, 0.05) is 32.9 Å². The van der Waals surface area contributed by atoms with Gasteiger partial charge >= 0.3 is 0 Å². The maximum Gasteiger partial charge on any atom is 0.143 e. The van der Waals surface area contributed by atoms with E-state index >= 15 is 0 Å². The molecule has 0 N–H and O–H groups in total. The van der Waals surface area contributed by atoms with E-state index in [1.807, 2.05) is 97.1 Å². The van der Waals surface area contributed by atoms with E-state index in [0.29, 0.717) is 55.3 Å². The van der Waals surface area contributed by atoms with E-state index in [1.165, 1.54) is 4.90 Å². The second-order valence-corrected chi connectivity index (χ2v) is 13.0. The first-order chi connectivity index (χ1) is 29.6. The third-order valence-corrected chi connectivity index (χ3v) is 10.0. The van der Waals surface area contributed by atoms with Crippen molar-refractivity contribution in [3.05, 3.63) is 188 Å². The topological polar surface area (TPSA) is 29.5 Å². The van der Waals surface area contributed by atoms with Crippen molar-refractivity contribution >= 4 is 82.5 Å². The van der Waals surface area contributed by atoms with Crippen LogP contribution in [0.3, 0.4) is 0 Å². The lowest BCUT2D eigenvalue weighted by Crippen LogP contribution is -2.10. The van der Waals surface area contributed by atoms with E-state index in [0.717, 1.165) is 26.9 Å². The van der Waals surface area contributed by atoms with Crippen LogP contribution in [0.1, 0.15) is 11.0 Å². The van der Waals surface area contributed by atoms with Crippen molar-refractivity contribution in [2.75, 3.05) is 4.90 Å². The van der Waals surface area contributed by atoms with Crippen LogP contribution >= 0.6 is 0 Å². The van der Waals surface area contributed by atoms with Crippen LogP contribution in [0.5, 0.6) is 0 Å². The fourth-order valence-electron chi connectivity index (χ4n) is 7.61. The Morgan fingerprint density at radius 2 is 0.925 bits per heavy atom. The SMILES string of the molecule is [2H]c1c([2H])c(N(c2c([2H])c([2H])c(-c3cccc4oc5ccccc5c34)c([2H])c2[2H])c2cccc3oc4c5ccccc5ccc4c23)c([2H])c([2H])c1-c1cccc2ccccc12. The molecule has 53 heavy (non-hydrogen) atoms. The fourth-order valence-corrected chi connectivity index (χ4v) is 7.61. The maximum absolute atomic E-state index is 9.75. The Labute approximate surface area is 316 Å². The number of hydrogen-bond donors (Lipinski definition) is 0. The quantitative estimate of drug-likeness (QED) is 0.181. The third-order valence-electron chi connectivity index (χ3n) is 10.0. The van der Waals surface area contributed by atoms with Gasteiger partial charge in [-0.15, -0.1) is 0 Å². The highest BCUT2D eigenvalue weighted by Crippen LogP contribution is 2.45. The highest BCUT2D eigenvalue weighted by Gasteiger charge is 2.21. The summed E-state index contributed by atoms with van der Waals surface area (Å²) in [5.41, 5.74) is 3.12. The summed E-state index contributed by atoms with van der Waals surface area (Å²) < 4.78 is 89.8. The van der Waals surface area contributed by atoms with Crippen LogP contribution < -0.4 is 4.90 Å². The highest BCUT2D eigenvalue weighted by molar-refractivity contribution is 6.19. The summed E-state index contributed by atoms with van der Waals surface area (Å²) in [5, 5.41) is 6.06. The van der Waals surface area contributed by atoms with Crippen LogP contribution in [0, 0.1) is 0 Å².